The van der Waals surface area contributed by atoms with Crippen molar-refractivity contribution < 1.29 is 22.8 Å². The van der Waals surface area contributed by atoms with Gasteiger partial charge in [0.05, 0.1) is 0 Å². The molecule has 2 amide bonds. The molecule has 1 fully saturated rings. The SMILES string of the molecule is CN(C)C(=O)C1CCC(Sc2cc(C(=O)Nc3cc(F)c(F)c(F)c3)ccc2I)CC1. The van der Waals surface area contributed by atoms with Crippen LogP contribution in [0, 0.1) is 26.9 Å². The molecule has 3 rings (SSSR count). The van der Waals surface area contributed by atoms with Gasteiger partial charge in [-0.15, -0.1) is 11.8 Å². The van der Waals surface area contributed by atoms with Gasteiger partial charge in [-0.25, -0.2) is 13.2 Å². The standard InChI is InChI=1S/C22H22F3IN2O2S/c1-28(2)22(30)12-3-6-15(7-4-12)31-19-9-13(5-8-18(19)26)21(29)27-14-10-16(23)20(25)17(24)11-14/h5,8-12,15H,3-4,6-7H2,1-2H3,(H,27,29). The van der Waals surface area contributed by atoms with Crippen molar-refractivity contribution in [2.45, 2.75) is 35.8 Å². The van der Waals surface area contributed by atoms with Crippen LogP contribution in [0.1, 0.15) is 36.0 Å². The lowest BCUT2D eigenvalue weighted by Gasteiger charge is -2.29. The van der Waals surface area contributed by atoms with Crippen LogP contribution in [0.3, 0.4) is 0 Å². The molecule has 0 aromatic heterocycles. The zero-order chi connectivity index (χ0) is 22.7. The Morgan fingerprint density at radius 2 is 1.65 bits per heavy atom. The van der Waals surface area contributed by atoms with Crippen molar-refractivity contribution in [1.82, 2.24) is 4.90 Å². The van der Waals surface area contributed by atoms with Crippen LogP contribution in [0.5, 0.6) is 0 Å². The lowest BCUT2D eigenvalue weighted by atomic mass is 9.88. The van der Waals surface area contributed by atoms with E-state index < -0.39 is 23.4 Å². The van der Waals surface area contributed by atoms with Gasteiger partial charge >= 0.3 is 0 Å². The van der Waals surface area contributed by atoms with E-state index in [9.17, 15) is 22.8 Å². The average Bonchev–Trinajstić information content (AvgIpc) is 2.73. The van der Waals surface area contributed by atoms with E-state index in [-0.39, 0.29) is 17.5 Å². The third-order valence-electron chi connectivity index (χ3n) is 5.19. The van der Waals surface area contributed by atoms with Gasteiger partial charge in [-0.3, -0.25) is 9.59 Å². The summed E-state index contributed by atoms with van der Waals surface area (Å²) >= 11 is 3.88. The first kappa shape index (κ1) is 23.9. The van der Waals surface area contributed by atoms with Gasteiger partial charge in [-0.2, -0.15) is 0 Å². The van der Waals surface area contributed by atoms with Crippen LogP contribution in [-0.4, -0.2) is 36.1 Å². The quantitative estimate of drug-likeness (QED) is 0.376. The molecule has 0 bridgehead atoms. The van der Waals surface area contributed by atoms with Gasteiger partial charge in [-0.05, 0) is 66.5 Å². The normalized spacial score (nSPS) is 18.5. The van der Waals surface area contributed by atoms with Crippen molar-refractivity contribution in [1.29, 1.82) is 0 Å². The maximum Gasteiger partial charge on any atom is 0.255 e. The highest BCUT2D eigenvalue weighted by atomic mass is 127. The molecule has 1 N–H and O–H groups in total. The molecule has 0 heterocycles. The first-order valence-electron chi connectivity index (χ1n) is 9.79. The Labute approximate surface area is 197 Å². The van der Waals surface area contributed by atoms with Gasteiger partial charge < -0.3 is 10.2 Å². The van der Waals surface area contributed by atoms with E-state index in [1.807, 2.05) is 6.07 Å². The number of anilines is 1. The molecule has 1 saturated carbocycles. The molecule has 2 aromatic carbocycles. The molecule has 1 aliphatic rings. The molecule has 0 atom stereocenters. The fourth-order valence-electron chi connectivity index (χ4n) is 3.54. The molecule has 31 heavy (non-hydrogen) atoms. The van der Waals surface area contributed by atoms with Crippen LogP contribution < -0.4 is 5.32 Å². The largest absolute Gasteiger partial charge is 0.349 e. The number of benzene rings is 2. The summed E-state index contributed by atoms with van der Waals surface area (Å²) in [4.78, 5) is 27.3. The van der Waals surface area contributed by atoms with Crippen LogP contribution in [0.25, 0.3) is 0 Å². The number of carbonyl (C=O) groups is 2. The molecule has 4 nitrogen and oxygen atoms in total. The molecule has 166 valence electrons. The second-order valence-corrected chi connectivity index (χ2v) is 10.2. The van der Waals surface area contributed by atoms with Crippen molar-refractivity contribution in [3.05, 3.63) is 56.9 Å². The minimum absolute atomic E-state index is 0.0690. The molecule has 0 aliphatic heterocycles. The van der Waals surface area contributed by atoms with Crippen LogP contribution in [0.15, 0.2) is 35.2 Å². The van der Waals surface area contributed by atoms with Crippen molar-refractivity contribution >= 4 is 51.9 Å². The number of hydrogen-bond acceptors (Lipinski definition) is 3. The fourth-order valence-corrected chi connectivity index (χ4v) is 5.50. The number of hydrogen-bond donors (Lipinski definition) is 1. The van der Waals surface area contributed by atoms with Gasteiger partial charge in [0.25, 0.3) is 5.91 Å². The summed E-state index contributed by atoms with van der Waals surface area (Å²) in [5, 5.41) is 2.75. The Hall–Kier alpha value is -1.75. The molecule has 1 aliphatic carbocycles. The topological polar surface area (TPSA) is 49.4 Å². The van der Waals surface area contributed by atoms with Crippen molar-refractivity contribution in [2.75, 3.05) is 19.4 Å². The minimum atomic E-state index is -1.58. The van der Waals surface area contributed by atoms with Gasteiger partial charge in [0.2, 0.25) is 5.91 Å². The number of nitrogens with one attached hydrogen (secondary N) is 1. The summed E-state index contributed by atoms with van der Waals surface area (Å²) in [5.41, 5.74) is 0.183. The average molecular weight is 562 g/mol. The summed E-state index contributed by atoms with van der Waals surface area (Å²) < 4.78 is 40.9. The molecule has 0 saturated heterocycles. The summed E-state index contributed by atoms with van der Waals surface area (Å²) in [7, 11) is 3.55. The van der Waals surface area contributed by atoms with Crippen LogP contribution in [0.2, 0.25) is 0 Å². The highest BCUT2D eigenvalue weighted by molar-refractivity contribution is 14.1. The zero-order valence-corrected chi connectivity index (χ0v) is 20.0. The van der Waals surface area contributed by atoms with Crippen molar-refractivity contribution in [3.63, 3.8) is 0 Å². The number of halogens is 4. The van der Waals surface area contributed by atoms with E-state index in [0.29, 0.717) is 10.8 Å². The Balaban J connectivity index is 1.67. The number of nitrogens with zero attached hydrogens (tertiary/aromatic N) is 1. The number of rotatable bonds is 5. The Morgan fingerprint density at radius 3 is 2.23 bits per heavy atom. The molecular formula is C22H22F3IN2O2S. The van der Waals surface area contributed by atoms with Gasteiger partial charge in [0, 0.05) is 57.1 Å². The van der Waals surface area contributed by atoms with E-state index in [0.717, 1.165) is 46.3 Å². The lowest BCUT2D eigenvalue weighted by Crippen LogP contribution is -2.32. The highest BCUT2D eigenvalue weighted by Gasteiger charge is 2.28. The van der Waals surface area contributed by atoms with Crippen molar-refractivity contribution in [2.24, 2.45) is 5.92 Å². The van der Waals surface area contributed by atoms with E-state index in [2.05, 4.69) is 27.9 Å². The van der Waals surface area contributed by atoms with Gasteiger partial charge in [0.1, 0.15) is 0 Å². The van der Waals surface area contributed by atoms with E-state index in [1.165, 1.54) is 0 Å². The van der Waals surface area contributed by atoms with Crippen LogP contribution in [-0.2, 0) is 4.79 Å². The van der Waals surface area contributed by atoms with Gasteiger partial charge in [0.15, 0.2) is 17.5 Å². The van der Waals surface area contributed by atoms with Gasteiger partial charge in [-0.1, -0.05) is 0 Å². The Kier molecular flexibility index (Phi) is 7.90. The first-order chi connectivity index (χ1) is 14.7. The van der Waals surface area contributed by atoms with E-state index in [4.69, 9.17) is 0 Å². The maximum absolute atomic E-state index is 13.4. The minimum Gasteiger partial charge on any atom is -0.349 e. The number of amides is 2. The molecule has 9 heteroatoms. The number of thioether (sulfide) groups is 1. The fraction of sp³-hybridized carbons (Fsp3) is 0.364. The summed E-state index contributed by atoms with van der Waals surface area (Å²) in [5.74, 6) is -4.60. The summed E-state index contributed by atoms with van der Waals surface area (Å²) in [6.07, 6.45) is 3.51. The highest BCUT2D eigenvalue weighted by Crippen LogP contribution is 2.38. The molecule has 0 radical (unpaired) electrons. The third kappa shape index (κ3) is 5.94. The predicted molar refractivity (Wildman–Crippen MR) is 124 cm³/mol. The lowest BCUT2D eigenvalue weighted by molar-refractivity contribution is -0.133. The van der Waals surface area contributed by atoms with E-state index in [1.54, 1.807) is 42.9 Å². The Bertz CT molecular complexity index is 972. The molecule has 0 spiro atoms. The Morgan fingerprint density at radius 1 is 1.03 bits per heavy atom. The first-order valence-corrected chi connectivity index (χ1v) is 11.7. The predicted octanol–water partition coefficient (Wildman–Crippen LogP) is 5.70. The van der Waals surface area contributed by atoms with Crippen LogP contribution >= 0.6 is 34.4 Å². The second kappa shape index (κ2) is 10.2. The van der Waals surface area contributed by atoms with Crippen LogP contribution in [0.4, 0.5) is 18.9 Å². The van der Waals surface area contributed by atoms with E-state index >= 15 is 0 Å². The second-order valence-electron chi connectivity index (χ2n) is 7.68. The molecular weight excluding hydrogens is 540 g/mol. The van der Waals surface area contributed by atoms with Crippen molar-refractivity contribution in [3.8, 4) is 0 Å². The number of carbonyl (C=O) groups excluding carboxylic acids is 2. The zero-order valence-electron chi connectivity index (χ0n) is 17.1. The smallest absolute Gasteiger partial charge is 0.255 e. The summed E-state index contributed by atoms with van der Waals surface area (Å²) in [6.45, 7) is 0. The monoisotopic (exact) mass is 562 g/mol. The molecule has 0 unspecified atom stereocenters. The summed E-state index contributed by atoms with van der Waals surface area (Å²) in [6, 6.07) is 6.67. The third-order valence-corrected chi connectivity index (χ3v) is 7.90. The molecule has 2 aromatic rings. The maximum atomic E-state index is 13.4.